The molecule has 4 rings (SSSR count). The number of nitrogens with zero attached hydrogens (tertiary/aromatic N) is 3. The van der Waals surface area contributed by atoms with Crippen LogP contribution < -0.4 is 10.2 Å². The lowest BCUT2D eigenvalue weighted by Crippen LogP contribution is -2.45. The number of nitrogens with one attached hydrogen (secondary N) is 1. The molecule has 7 nitrogen and oxygen atoms in total. The van der Waals surface area contributed by atoms with Crippen molar-refractivity contribution in [2.24, 2.45) is 5.41 Å². The van der Waals surface area contributed by atoms with Gasteiger partial charge in [-0.3, -0.25) is 4.79 Å². The zero-order valence-corrected chi connectivity index (χ0v) is 20.9. The van der Waals surface area contributed by atoms with E-state index >= 15 is 0 Å². The van der Waals surface area contributed by atoms with Crippen LogP contribution in [0.2, 0.25) is 10.2 Å². The van der Waals surface area contributed by atoms with Crippen molar-refractivity contribution >= 4 is 40.9 Å². The fourth-order valence-corrected chi connectivity index (χ4v) is 4.39. The maximum Gasteiger partial charge on any atom is 0.407 e. The summed E-state index contributed by atoms with van der Waals surface area (Å²) in [6.45, 7) is 4.35. The number of benzene rings is 2. The van der Waals surface area contributed by atoms with Crippen molar-refractivity contribution in [3.63, 3.8) is 0 Å². The Kier molecular flexibility index (Phi) is 7.88. The zero-order valence-electron chi connectivity index (χ0n) is 19.3. The number of carbonyl (C=O) groups is 2. The highest BCUT2D eigenvalue weighted by Crippen LogP contribution is 2.32. The summed E-state index contributed by atoms with van der Waals surface area (Å²) in [5, 5.41) is 3.27. The molecule has 2 aromatic carbocycles. The third-order valence-electron chi connectivity index (χ3n) is 6.22. The molecule has 0 aliphatic carbocycles. The molecule has 0 radical (unpaired) electrons. The number of halogens is 2. The largest absolute Gasteiger partial charge is 0.445 e. The molecule has 35 heavy (non-hydrogen) atoms. The molecule has 1 aliphatic heterocycles. The summed E-state index contributed by atoms with van der Waals surface area (Å²) in [4.78, 5) is 35.7. The van der Waals surface area contributed by atoms with Gasteiger partial charge in [0.05, 0.1) is 11.2 Å². The second-order valence-electron chi connectivity index (χ2n) is 8.89. The lowest BCUT2D eigenvalue weighted by Gasteiger charge is -2.39. The van der Waals surface area contributed by atoms with Crippen LogP contribution in [0.25, 0.3) is 0 Å². The van der Waals surface area contributed by atoms with Gasteiger partial charge < -0.3 is 15.0 Å². The summed E-state index contributed by atoms with van der Waals surface area (Å²) in [7, 11) is 0. The molecular weight excluding hydrogens is 487 g/mol. The number of aromatic nitrogens is 2. The van der Waals surface area contributed by atoms with Gasteiger partial charge in [0.25, 0.3) is 0 Å². The van der Waals surface area contributed by atoms with Crippen molar-refractivity contribution < 1.29 is 14.3 Å². The molecule has 1 amide bonds. The van der Waals surface area contributed by atoms with Gasteiger partial charge in [-0.25, -0.2) is 14.8 Å². The molecule has 0 atom stereocenters. The van der Waals surface area contributed by atoms with Crippen molar-refractivity contribution in [1.82, 2.24) is 15.3 Å². The van der Waals surface area contributed by atoms with E-state index in [1.165, 1.54) is 0 Å². The minimum atomic E-state index is -0.422. The molecule has 1 aliphatic rings. The monoisotopic (exact) mass is 512 g/mol. The first-order chi connectivity index (χ1) is 16.8. The summed E-state index contributed by atoms with van der Waals surface area (Å²) < 4.78 is 5.31. The Balaban J connectivity index is 1.30. The van der Waals surface area contributed by atoms with Crippen LogP contribution in [0.5, 0.6) is 0 Å². The number of ether oxygens (including phenoxy) is 1. The highest BCUT2D eigenvalue weighted by atomic mass is 35.5. The second kappa shape index (κ2) is 11.1. The van der Waals surface area contributed by atoms with E-state index in [1.807, 2.05) is 30.3 Å². The molecule has 0 saturated carbocycles. The van der Waals surface area contributed by atoms with Crippen molar-refractivity contribution in [3.8, 4) is 0 Å². The van der Waals surface area contributed by atoms with Crippen LogP contribution in [0.15, 0.2) is 60.8 Å². The van der Waals surface area contributed by atoms with E-state index in [0.29, 0.717) is 22.9 Å². The number of amides is 1. The smallest absolute Gasteiger partial charge is 0.407 e. The van der Waals surface area contributed by atoms with Gasteiger partial charge in [-0.05, 0) is 36.0 Å². The van der Waals surface area contributed by atoms with Crippen LogP contribution in [0.3, 0.4) is 0 Å². The Labute approximate surface area is 214 Å². The lowest BCUT2D eigenvalue weighted by molar-refractivity contribution is 0.103. The van der Waals surface area contributed by atoms with Crippen molar-refractivity contribution in [3.05, 3.63) is 87.8 Å². The van der Waals surface area contributed by atoms with Gasteiger partial charge in [0.1, 0.15) is 18.1 Å². The highest BCUT2D eigenvalue weighted by molar-refractivity contribution is 6.37. The Morgan fingerprint density at radius 2 is 1.74 bits per heavy atom. The molecule has 0 bridgehead atoms. The molecule has 3 aromatic rings. The number of hydrogen-bond donors (Lipinski definition) is 1. The van der Waals surface area contributed by atoms with E-state index in [0.717, 1.165) is 31.5 Å². The van der Waals surface area contributed by atoms with Gasteiger partial charge in [0.15, 0.2) is 5.15 Å². The number of rotatable bonds is 7. The molecule has 1 fully saturated rings. The fraction of sp³-hybridized carbons (Fsp3) is 0.308. The molecular formula is C26H26Cl2N4O3. The standard InChI is InChI=1S/C26H26Cl2N4O3/c1-26(17-30-25(34)35-16-18-7-3-2-4-8-18)11-13-32(14-12-26)21-15-29-22(24(28)31-21)23(33)19-9-5-6-10-20(19)27/h2-10,15H,11-14,16-17H2,1H3,(H,30,34). The number of anilines is 1. The average molecular weight is 513 g/mol. The van der Waals surface area contributed by atoms with E-state index in [-0.39, 0.29) is 28.7 Å². The predicted molar refractivity (Wildman–Crippen MR) is 136 cm³/mol. The number of piperidine rings is 1. The first-order valence-electron chi connectivity index (χ1n) is 11.4. The topological polar surface area (TPSA) is 84.4 Å². The van der Waals surface area contributed by atoms with Crippen molar-refractivity contribution in [2.45, 2.75) is 26.4 Å². The normalized spacial score (nSPS) is 14.9. The zero-order chi connectivity index (χ0) is 24.8. The van der Waals surface area contributed by atoms with Crippen LogP contribution >= 0.6 is 23.2 Å². The number of carbonyl (C=O) groups excluding carboxylic acids is 2. The molecule has 0 spiro atoms. The summed E-state index contributed by atoms with van der Waals surface area (Å²) >= 11 is 12.5. The Morgan fingerprint density at radius 1 is 1.06 bits per heavy atom. The molecule has 1 aromatic heterocycles. The maximum atomic E-state index is 12.8. The van der Waals surface area contributed by atoms with Gasteiger partial charge >= 0.3 is 6.09 Å². The second-order valence-corrected chi connectivity index (χ2v) is 9.65. The predicted octanol–water partition coefficient (Wildman–Crippen LogP) is 5.55. The van der Waals surface area contributed by atoms with Crippen LogP contribution in [0.4, 0.5) is 10.6 Å². The molecule has 182 valence electrons. The minimum absolute atomic E-state index is 0.0450. The van der Waals surface area contributed by atoms with Gasteiger partial charge in [-0.2, -0.15) is 0 Å². The lowest BCUT2D eigenvalue weighted by atomic mass is 9.80. The minimum Gasteiger partial charge on any atom is -0.445 e. The number of hydrogen-bond acceptors (Lipinski definition) is 6. The Bertz CT molecular complexity index is 1200. The van der Waals surface area contributed by atoms with Gasteiger partial charge in [0.2, 0.25) is 5.78 Å². The summed E-state index contributed by atoms with van der Waals surface area (Å²) in [6, 6.07) is 16.3. The maximum absolute atomic E-state index is 12.8. The third kappa shape index (κ3) is 6.29. The summed E-state index contributed by atoms with van der Waals surface area (Å²) in [6.07, 6.45) is 2.82. The first-order valence-corrected chi connectivity index (χ1v) is 12.1. The van der Waals surface area contributed by atoms with E-state index in [2.05, 4.69) is 27.1 Å². The number of ketones is 1. The average Bonchev–Trinajstić information content (AvgIpc) is 2.87. The highest BCUT2D eigenvalue weighted by Gasteiger charge is 2.31. The molecule has 9 heteroatoms. The van der Waals surface area contributed by atoms with Crippen LogP contribution in [0, 0.1) is 5.41 Å². The SMILES string of the molecule is CC1(CNC(=O)OCc2ccccc2)CCN(c2cnc(C(=O)c3ccccc3Cl)c(Cl)n2)CC1. The van der Waals surface area contributed by atoms with E-state index < -0.39 is 6.09 Å². The summed E-state index contributed by atoms with van der Waals surface area (Å²) in [5.41, 5.74) is 1.28. The summed E-state index contributed by atoms with van der Waals surface area (Å²) in [5.74, 6) is 0.249. The van der Waals surface area contributed by atoms with E-state index in [1.54, 1.807) is 30.5 Å². The fourth-order valence-electron chi connectivity index (χ4n) is 3.95. The quantitative estimate of drug-likeness (QED) is 0.418. The molecule has 0 unspecified atom stereocenters. The van der Waals surface area contributed by atoms with Gasteiger partial charge in [-0.15, -0.1) is 0 Å². The van der Waals surface area contributed by atoms with E-state index in [9.17, 15) is 9.59 Å². The van der Waals surface area contributed by atoms with Crippen LogP contribution in [-0.4, -0.2) is 41.5 Å². The van der Waals surface area contributed by atoms with Crippen LogP contribution in [-0.2, 0) is 11.3 Å². The molecule has 1 saturated heterocycles. The first kappa shape index (κ1) is 24.9. The molecule has 1 N–H and O–H groups in total. The van der Waals surface area contributed by atoms with Gasteiger partial charge in [0, 0.05) is 25.2 Å². The van der Waals surface area contributed by atoms with E-state index in [4.69, 9.17) is 27.9 Å². The van der Waals surface area contributed by atoms with Crippen LogP contribution in [0.1, 0.15) is 41.4 Å². The Morgan fingerprint density at radius 3 is 2.43 bits per heavy atom. The Hall–Kier alpha value is -3.16. The van der Waals surface area contributed by atoms with Crippen molar-refractivity contribution in [1.29, 1.82) is 0 Å². The molecule has 2 heterocycles. The third-order valence-corrected chi connectivity index (χ3v) is 6.81. The number of alkyl carbamates (subject to hydrolysis) is 1. The van der Waals surface area contributed by atoms with Crippen molar-refractivity contribution in [2.75, 3.05) is 24.5 Å². The van der Waals surface area contributed by atoms with Gasteiger partial charge in [-0.1, -0.05) is 72.6 Å².